The monoisotopic (exact) mass is 198 g/mol. The highest BCUT2D eigenvalue weighted by Crippen LogP contribution is 2.12. The molecule has 1 N–H and O–H groups in total. The number of hydrogen-bond donors (Lipinski definition) is 1. The van der Waals surface area contributed by atoms with Crippen molar-refractivity contribution in [1.82, 2.24) is 10.2 Å². The zero-order chi connectivity index (χ0) is 10.4. The van der Waals surface area contributed by atoms with Gasteiger partial charge in [0, 0.05) is 25.7 Å². The molecule has 2 nitrogen and oxygen atoms in total. The van der Waals surface area contributed by atoms with E-state index < -0.39 is 0 Å². The van der Waals surface area contributed by atoms with Crippen LogP contribution in [-0.4, -0.2) is 37.1 Å². The van der Waals surface area contributed by atoms with Gasteiger partial charge >= 0.3 is 0 Å². The van der Waals surface area contributed by atoms with Crippen LogP contribution >= 0.6 is 0 Å². The minimum atomic E-state index is 0.768. The average molecular weight is 198 g/mol. The Hall–Kier alpha value is -0.0800. The van der Waals surface area contributed by atoms with Crippen molar-refractivity contribution < 1.29 is 0 Å². The number of hydrogen-bond acceptors (Lipinski definition) is 2. The molecular weight excluding hydrogens is 172 g/mol. The molecule has 1 aliphatic heterocycles. The van der Waals surface area contributed by atoms with E-state index in [4.69, 9.17) is 0 Å². The van der Waals surface area contributed by atoms with E-state index in [0.29, 0.717) is 0 Å². The van der Waals surface area contributed by atoms with E-state index in [1.54, 1.807) is 0 Å². The molecule has 2 unspecified atom stereocenters. The fraction of sp³-hybridized carbons (Fsp3) is 1.00. The third-order valence-electron chi connectivity index (χ3n) is 3.27. The third kappa shape index (κ3) is 3.97. The molecule has 0 aromatic rings. The van der Waals surface area contributed by atoms with Gasteiger partial charge in [0.05, 0.1) is 0 Å². The Morgan fingerprint density at radius 2 is 2.21 bits per heavy atom. The molecule has 2 heteroatoms. The van der Waals surface area contributed by atoms with Crippen LogP contribution in [0.15, 0.2) is 0 Å². The van der Waals surface area contributed by atoms with E-state index in [9.17, 15) is 0 Å². The highest BCUT2D eigenvalue weighted by atomic mass is 15.2. The number of rotatable bonds is 4. The fourth-order valence-corrected chi connectivity index (χ4v) is 2.32. The second-order valence-electron chi connectivity index (χ2n) is 4.78. The quantitative estimate of drug-likeness (QED) is 0.744. The SMILES string of the molecule is CCCC(C)CN1CCNCCC1C. The fourth-order valence-electron chi connectivity index (χ4n) is 2.32. The zero-order valence-electron chi connectivity index (χ0n) is 10.1. The van der Waals surface area contributed by atoms with Gasteiger partial charge in [-0.25, -0.2) is 0 Å². The lowest BCUT2D eigenvalue weighted by molar-refractivity contribution is 0.187. The minimum Gasteiger partial charge on any atom is -0.315 e. The predicted molar refractivity (Wildman–Crippen MR) is 62.6 cm³/mol. The van der Waals surface area contributed by atoms with E-state index in [2.05, 4.69) is 31.0 Å². The van der Waals surface area contributed by atoms with E-state index in [1.807, 2.05) is 0 Å². The first-order chi connectivity index (χ1) is 6.74. The van der Waals surface area contributed by atoms with Crippen molar-refractivity contribution in [3.63, 3.8) is 0 Å². The van der Waals surface area contributed by atoms with Crippen LogP contribution in [0.4, 0.5) is 0 Å². The van der Waals surface area contributed by atoms with E-state index in [-0.39, 0.29) is 0 Å². The summed E-state index contributed by atoms with van der Waals surface area (Å²) in [5.41, 5.74) is 0. The molecule has 0 bridgehead atoms. The molecule has 84 valence electrons. The molecule has 0 aromatic heterocycles. The molecule has 1 heterocycles. The molecule has 0 aromatic carbocycles. The summed E-state index contributed by atoms with van der Waals surface area (Å²) in [6.45, 7) is 11.9. The largest absolute Gasteiger partial charge is 0.315 e. The van der Waals surface area contributed by atoms with Gasteiger partial charge in [-0.05, 0) is 32.2 Å². The molecule has 0 saturated carbocycles. The predicted octanol–water partition coefficient (Wildman–Crippen LogP) is 2.11. The first-order valence-electron chi connectivity index (χ1n) is 6.18. The van der Waals surface area contributed by atoms with Crippen molar-refractivity contribution in [3.8, 4) is 0 Å². The maximum Gasteiger partial charge on any atom is 0.0110 e. The number of nitrogens with one attached hydrogen (secondary N) is 1. The minimum absolute atomic E-state index is 0.768. The lowest BCUT2D eigenvalue weighted by Crippen LogP contribution is -2.37. The standard InChI is InChI=1S/C12H26N2/c1-4-5-11(2)10-14-9-8-13-7-6-12(14)3/h11-13H,4-10H2,1-3H3. The first-order valence-corrected chi connectivity index (χ1v) is 6.18. The first kappa shape index (κ1) is 12.0. The van der Waals surface area contributed by atoms with E-state index in [1.165, 1.54) is 45.4 Å². The van der Waals surface area contributed by atoms with Crippen molar-refractivity contribution in [2.24, 2.45) is 5.92 Å². The Morgan fingerprint density at radius 3 is 2.93 bits per heavy atom. The normalized spacial score (nSPS) is 27.2. The summed E-state index contributed by atoms with van der Waals surface area (Å²) >= 11 is 0. The van der Waals surface area contributed by atoms with Gasteiger partial charge < -0.3 is 5.32 Å². The van der Waals surface area contributed by atoms with Crippen LogP contribution < -0.4 is 5.32 Å². The molecule has 0 amide bonds. The van der Waals surface area contributed by atoms with Crippen LogP contribution in [0, 0.1) is 5.92 Å². The maximum atomic E-state index is 3.47. The summed E-state index contributed by atoms with van der Waals surface area (Å²) in [6.07, 6.45) is 4.00. The van der Waals surface area contributed by atoms with Crippen LogP contribution in [0.3, 0.4) is 0 Å². The third-order valence-corrected chi connectivity index (χ3v) is 3.27. The molecule has 2 atom stereocenters. The Bertz CT molecular complexity index is 147. The number of nitrogens with zero attached hydrogens (tertiary/aromatic N) is 1. The van der Waals surface area contributed by atoms with Gasteiger partial charge in [-0.2, -0.15) is 0 Å². The van der Waals surface area contributed by atoms with Gasteiger partial charge in [0.2, 0.25) is 0 Å². The van der Waals surface area contributed by atoms with E-state index in [0.717, 1.165) is 12.0 Å². The summed E-state index contributed by atoms with van der Waals surface area (Å²) in [6, 6.07) is 0.768. The van der Waals surface area contributed by atoms with E-state index >= 15 is 0 Å². The Morgan fingerprint density at radius 1 is 1.43 bits per heavy atom. The van der Waals surface area contributed by atoms with Gasteiger partial charge in [-0.1, -0.05) is 20.3 Å². The zero-order valence-corrected chi connectivity index (χ0v) is 10.1. The Balaban J connectivity index is 2.32. The molecule has 0 aliphatic carbocycles. The lowest BCUT2D eigenvalue weighted by Gasteiger charge is -2.29. The van der Waals surface area contributed by atoms with Gasteiger partial charge in [0.15, 0.2) is 0 Å². The van der Waals surface area contributed by atoms with Crippen molar-refractivity contribution in [2.75, 3.05) is 26.2 Å². The van der Waals surface area contributed by atoms with Gasteiger partial charge in [-0.3, -0.25) is 4.90 Å². The van der Waals surface area contributed by atoms with Crippen LogP contribution in [0.5, 0.6) is 0 Å². The summed E-state index contributed by atoms with van der Waals surface area (Å²) in [5.74, 6) is 0.862. The van der Waals surface area contributed by atoms with Crippen molar-refractivity contribution in [3.05, 3.63) is 0 Å². The maximum absolute atomic E-state index is 3.47. The summed E-state index contributed by atoms with van der Waals surface area (Å²) in [5, 5.41) is 3.47. The second kappa shape index (κ2) is 6.41. The van der Waals surface area contributed by atoms with Crippen LogP contribution in [-0.2, 0) is 0 Å². The van der Waals surface area contributed by atoms with Gasteiger partial charge in [0.1, 0.15) is 0 Å². The highest BCUT2D eigenvalue weighted by Gasteiger charge is 2.17. The van der Waals surface area contributed by atoms with Crippen molar-refractivity contribution in [1.29, 1.82) is 0 Å². The molecule has 1 rings (SSSR count). The molecule has 14 heavy (non-hydrogen) atoms. The lowest BCUT2D eigenvalue weighted by atomic mass is 10.0. The average Bonchev–Trinajstić information content (AvgIpc) is 2.33. The van der Waals surface area contributed by atoms with Crippen LogP contribution in [0.2, 0.25) is 0 Å². The van der Waals surface area contributed by atoms with Crippen LogP contribution in [0.25, 0.3) is 0 Å². The molecule has 1 fully saturated rings. The summed E-state index contributed by atoms with van der Waals surface area (Å²) in [4.78, 5) is 2.65. The molecule has 0 radical (unpaired) electrons. The Labute approximate surface area is 89.1 Å². The smallest absolute Gasteiger partial charge is 0.0110 e. The second-order valence-corrected chi connectivity index (χ2v) is 4.78. The van der Waals surface area contributed by atoms with Crippen LogP contribution in [0.1, 0.15) is 40.0 Å². The highest BCUT2D eigenvalue weighted by molar-refractivity contribution is 4.74. The summed E-state index contributed by atoms with van der Waals surface area (Å²) < 4.78 is 0. The summed E-state index contributed by atoms with van der Waals surface area (Å²) in [7, 11) is 0. The molecule has 1 saturated heterocycles. The molecule has 1 aliphatic rings. The van der Waals surface area contributed by atoms with Gasteiger partial charge in [0.25, 0.3) is 0 Å². The van der Waals surface area contributed by atoms with Gasteiger partial charge in [-0.15, -0.1) is 0 Å². The molecule has 0 spiro atoms. The van der Waals surface area contributed by atoms with Crippen molar-refractivity contribution in [2.45, 2.75) is 46.1 Å². The molecular formula is C12H26N2. The van der Waals surface area contributed by atoms with Crippen molar-refractivity contribution >= 4 is 0 Å². The Kier molecular flexibility index (Phi) is 5.49. The topological polar surface area (TPSA) is 15.3 Å².